The monoisotopic (exact) mass is 235 g/mol. The van der Waals surface area contributed by atoms with Gasteiger partial charge in [0.15, 0.2) is 0 Å². The van der Waals surface area contributed by atoms with Gasteiger partial charge in [-0.1, -0.05) is 0 Å². The maximum absolute atomic E-state index is 11.2. The highest BCUT2D eigenvalue weighted by Gasteiger charge is 2.02. The predicted octanol–water partition coefficient (Wildman–Crippen LogP) is 1.46. The molecule has 1 amide bonds. The van der Waals surface area contributed by atoms with Gasteiger partial charge in [0.25, 0.3) is 0 Å². The van der Waals surface area contributed by atoms with Crippen LogP contribution in [-0.4, -0.2) is 31.4 Å². The molecule has 1 N–H and O–H groups in total. The normalized spacial score (nSPS) is 9.73. The van der Waals surface area contributed by atoms with Crippen molar-refractivity contribution in [2.24, 2.45) is 0 Å². The number of methoxy groups -OCH3 is 1. The quantitative estimate of drug-likeness (QED) is 0.394. The molecule has 0 aliphatic heterocycles. The molecule has 0 heterocycles. The molecule has 0 saturated heterocycles. The van der Waals surface area contributed by atoms with Gasteiger partial charge in [0.2, 0.25) is 5.91 Å². The lowest BCUT2D eigenvalue weighted by Gasteiger charge is -2.03. The van der Waals surface area contributed by atoms with Gasteiger partial charge in [-0.15, -0.1) is 11.6 Å². The van der Waals surface area contributed by atoms with Crippen molar-refractivity contribution in [2.75, 3.05) is 19.5 Å². The molecule has 0 aromatic heterocycles. The average Bonchev–Trinajstić information content (AvgIpc) is 2.24. The molecule has 15 heavy (non-hydrogen) atoms. The Balaban J connectivity index is 3.27. The van der Waals surface area contributed by atoms with E-state index in [-0.39, 0.29) is 11.9 Å². The third kappa shape index (κ3) is 9.53. The lowest BCUT2D eigenvalue weighted by Crippen LogP contribution is -2.24. The molecule has 0 aliphatic rings. The van der Waals surface area contributed by atoms with Gasteiger partial charge in [-0.3, -0.25) is 9.59 Å². The largest absolute Gasteiger partial charge is 0.469 e. The number of hydrogen-bond donors (Lipinski definition) is 1. The Labute approximate surface area is 95.3 Å². The summed E-state index contributed by atoms with van der Waals surface area (Å²) in [5.74, 6) is 0.367. The molecular weight excluding hydrogens is 218 g/mol. The van der Waals surface area contributed by atoms with Crippen LogP contribution in [0.15, 0.2) is 0 Å². The van der Waals surface area contributed by atoms with E-state index in [0.717, 1.165) is 12.8 Å². The van der Waals surface area contributed by atoms with Gasteiger partial charge >= 0.3 is 5.97 Å². The summed E-state index contributed by atoms with van der Waals surface area (Å²) in [7, 11) is 1.35. The van der Waals surface area contributed by atoms with E-state index in [9.17, 15) is 9.59 Å². The van der Waals surface area contributed by atoms with Crippen LogP contribution in [-0.2, 0) is 14.3 Å². The number of ether oxygens (including phenoxy) is 1. The van der Waals surface area contributed by atoms with Crippen LogP contribution in [0.5, 0.6) is 0 Å². The van der Waals surface area contributed by atoms with Crippen LogP contribution in [0.25, 0.3) is 0 Å². The smallest absolute Gasteiger partial charge is 0.305 e. The van der Waals surface area contributed by atoms with Gasteiger partial charge in [-0.25, -0.2) is 0 Å². The van der Waals surface area contributed by atoms with Crippen molar-refractivity contribution in [1.29, 1.82) is 0 Å². The molecule has 4 nitrogen and oxygen atoms in total. The number of carbonyl (C=O) groups excluding carboxylic acids is 2. The van der Waals surface area contributed by atoms with E-state index in [1.165, 1.54) is 7.11 Å². The number of amides is 1. The van der Waals surface area contributed by atoms with Gasteiger partial charge in [-0.05, 0) is 19.3 Å². The van der Waals surface area contributed by atoms with Crippen molar-refractivity contribution in [3.8, 4) is 0 Å². The molecule has 0 aliphatic carbocycles. The Morgan fingerprint density at radius 1 is 1.20 bits per heavy atom. The molecule has 0 bridgehead atoms. The van der Waals surface area contributed by atoms with Crippen LogP contribution in [0.1, 0.15) is 32.1 Å². The Morgan fingerprint density at radius 2 is 1.93 bits per heavy atom. The maximum atomic E-state index is 11.2. The number of nitrogens with one attached hydrogen (secondary N) is 1. The fourth-order valence-corrected chi connectivity index (χ4v) is 1.22. The number of halogens is 1. The Kier molecular flexibility index (Phi) is 9.27. The number of alkyl halides is 1. The summed E-state index contributed by atoms with van der Waals surface area (Å²) in [4.78, 5) is 21.9. The zero-order chi connectivity index (χ0) is 11.5. The molecule has 5 heteroatoms. The van der Waals surface area contributed by atoms with Crippen LogP contribution in [0.2, 0.25) is 0 Å². The van der Waals surface area contributed by atoms with Crippen molar-refractivity contribution < 1.29 is 14.3 Å². The minimum absolute atomic E-state index is 0.0185. The second-order valence-corrected chi connectivity index (χ2v) is 3.55. The van der Waals surface area contributed by atoms with Crippen LogP contribution in [0.4, 0.5) is 0 Å². The lowest BCUT2D eigenvalue weighted by molar-refractivity contribution is -0.140. The van der Waals surface area contributed by atoms with E-state index in [1.807, 2.05) is 0 Å². The van der Waals surface area contributed by atoms with Crippen LogP contribution in [0, 0.1) is 0 Å². The van der Waals surface area contributed by atoms with Gasteiger partial charge in [0.1, 0.15) is 0 Å². The van der Waals surface area contributed by atoms with Crippen LogP contribution < -0.4 is 5.32 Å². The average molecular weight is 236 g/mol. The van der Waals surface area contributed by atoms with Crippen LogP contribution in [0.3, 0.4) is 0 Å². The minimum atomic E-state index is -0.244. The Bertz CT molecular complexity index is 197. The molecule has 0 atom stereocenters. The Morgan fingerprint density at radius 3 is 2.53 bits per heavy atom. The first kappa shape index (κ1) is 14.2. The highest BCUT2D eigenvalue weighted by molar-refractivity contribution is 6.17. The lowest BCUT2D eigenvalue weighted by atomic mass is 10.2. The van der Waals surface area contributed by atoms with E-state index in [4.69, 9.17) is 11.6 Å². The number of unbranched alkanes of at least 4 members (excludes halogenated alkanes) is 1. The summed E-state index contributed by atoms with van der Waals surface area (Å²) in [6.45, 7) is 0.523. The molecule has 0 radical (unpaired) electrons. The van der Waals surface area contributed by atoms with E-state index in [2.05, 4.69) is 10.1 Å². The number of esters is 1. The molecule has 0 unspecified atom stereocenters. The summed E-state index contributed by atoms with van der Waals surface area (Å²) in [5, 5.41) is 2.73. The minimum Gasteiger partial charge on any atom is -0.469 e. The number of carbonyl (C=O) groups is 2. The molecule has 0 fully saturated rings. The second-order valence-electron chi connectivity index (χ2n) is 3.18. The molecule has 0 aromatic carbocycles. The van der Waals surface area contributed by atoms with Crippen molar-refractivity contribution in [3.05, 3.63) is 0 Å². The van der Waals surface area contributed by atoms with Crippen molar-refractivity contribution >= 4 is 23.5 Å². The van der Waals surface area contributed by atoms with E-state index in [1.54, 1.807) is 0 Å². The highest BCUT2D eigenvalue weighted by atomic mass is 35.5. The predicted molar refractivity (Wildman–Crippen MR) is 58.8 cm³/mol. The molecule has 0 saturated carbocycles. The summed E-state index contributed by atoms with van der Waals surface area (Å²) in [6.07, 6.45) is 3.14. The summed E-state index contributed by atoms with van der Waals surface area (Å²) < 4.78 is 4.47. The van der Waals surface area contributed by atoms with Gasteiger partial charge in [-0.2, -0.15) is 0 Å². The fourth-order valence-electron chi connectivity index (χ4n) is 1.03. The molecule has 0 aromatic rings. The number of hydrogen-bond acceptors (Lipinski definition) is 3. The molecule has 88 valence electrons. The van der Waals surface area contributed by atoms with Crippen molar-refractivity contribution in [3.63, 3.8) is 0 Å². The first-order valence-corrected chi connectivity index (χ1v) is 5.63. The second kappa shape index (κ2) is 9.77. The molecule has 0 rings (SSSR count). The third-order valence-electron chi connectivity index (χ3n) is 1.89. The van der Waals surface area contributed by atoms with E-state index >= 15 is 0 Å². The summed E-state index contributed by atoms with van der Waals surface area (Å²) in [5.41, 5.74) is 0. The van der Waals surface area contributed by atoms with E-state index in [0.29, 0.717) is 31.7 Å². The van der Waals surface area contributed by atoms with Crippen molar-refractivity contribution in [1.82, 2.24) is 5.32 Å². The molecule has 0 spiro atoms. The highest BCUT2D eigenvalue weighted by Crippen LogP contribution is 1.97. The zero-order valence-electron chi connectivity index (χ0n) is 9.05. The topological polar surface area (TPSA) is 55.4 Å². The molecular formula is C10H18ClNO3. The third-order valence-corrected chi connectivity index (χ3v) is 2.16. The SMILES string of the molecule is COC(=O)CCCNC(=O)CCCCCl. The zero-order valence-corrected chi connectivity index (χ0v) is 9.81. The number of rotatable bonds is 8. The first-order chi connectivity index (χ1) is 7.20. The summed E-state index contributed by atoms with van der Waals surface area (Å²) >= 11 is 5.48. The van der Waals surface area contributed by atoms with E-state index < -0.39 is 0 Å². The maximum Gasteiger partial charge on any atom is 0.305 e. The fraction of sp³-hybridized carbons (Fsp3) is 0.800. The Hall–Kier alpha value is -0.770. The van der Waals surface area contributed by atoms with Crippen LogP contribution >= 0.6 is 11.6 Å². The first-order valence-electron chi connectivity index (χ1n) is 5.10. The standard InChI is InChI=1S/C10H18ClNO3/c1-15-10(14)6-4-8-12-9(13)5-2-3-7-11/h2-8H2,1H3,(H,12,13). The van der Waals surface area contributed by atoms with Gasteiger partial charge in [0.05, 0.1) is 7.11 Å². The van der Waals surface area contributed by atoms with Gasteiger partial charge < -0.3 is 10.1 Å². The van der Waals surface area contributed by atoms with Crippen molar-refractivity contribution in [2.45, 2.75) is 32.1 Å². The summed E-state index contributed by atoms with van der Waals surface area (Å²) in [6, 6.07) is 0. The van der Waals surface area contributed by atoms with Gasteiger partial charge in [0, 0.05) is 25.3 Å².